The number of aromatic nitrogens is 2. The van der Waals surface area contributed by atoms with Crippen LogP contribution < -0.4 is 0 Å². The van der Waals surface area contributed by atoms with Gasteiger partial charge >= 0.3 is 0 Å². The zero-order chi connectivity index (χ0) is 16.5. The number of hydrogen-bond donors (Lipinski definition) is 0. The second kappa shape index (κ2) is 6.40. The quantitative estimate of drug-likeness (QED) is 0.840. The molecule has 0 bridgehead atoms. The van der Waals surface area contributed by atoms with Crippen LogP contribution in [0.25, 0.3) is 0 Å². The molecule has 0 saturated heterocycles. The van der Waals surface area contributed by atoms with Gasteiger partial charge in [-0.05, 0) is 38.0 Å². The van der Waals surface area contributed by atoms with E-state index in [1.807, 2.05) is 26.0 Å². The van der Waals surface area contributed by atoms with Crippen molar-refractivity contribution in [3.63, 3.8) is 0 Å². The van der Waals surface area contributed by atoms with Crippen molar-refractivity contribution < 1.29 is 8.42 Å². The summed E-state index contributed by atoms with van der Waals surface area (Å²) in [7, 11) is -2.04. The summed E-state index contributed by atoms with van der Waals surface area (Å²) in [5.74, 6) is 0. The Hall–Kier alpha value is -1.37. The van der Waals surface area contributed by atoms with Gasteiger partial charge in [-0.1, -0.05) is 23.7 Å². The molecular weight excluding hydrogens is 322 g/mol. The minimum Gasteiger partial charge on any atom is -0.271 e. The fourth-order valence-electron chi connectivity index (χ4n) is 2.16. The summed E-state index contributed by atoms with van der Waals surface area (Å²) in [6, 6.07) is 5.40. The third kappa shape index (κ3) is 3.34. The van der Waals surface area contributed by atoms with E-state index in [0.717, 1.165) is 11.1 Å². The standard InChI is InChI=1S/C15H20ClN3O2S/c1-5-19-9-13(16)14(17-19)10-18(4)22(20,21)15-8-11(2)6-7-12(15)3/h6-9H,5,10H2,1-4H3. The molecular formula is C15H20ClN3O2S. The fraction of sp³-hybridized carbons (Fsp3) is 0.400. The maximum atomic E-state index is 12.7. The molecule has 0 aliphatic rings. The Morgan fingerprint density at radius 3 is 2.59 bits per heavy atom. The lowest BCUT2D eigenvalue weighted by atomic mass is 10.2. The van der Waals surface area contributed by atoms with Gasteiger partial charge in [0, 0.05) is 19.8 Å². The van der Waals surface area contributed by atoms with Crippen molar-refractivity contribution in [2.75, 3.05) is 7.05 Å². The van der Waals surface area contributed by atoms with Crippen LogP contribution in [0.4, 0.5) is 0 Å². The first-order valence-electron chi connectivity index (χ1n) is 7.01. The Balaban J connectivity index is 2.32. The minimum atomic E-state index is -3.58. The van der Waals surface area contributed by atoms with Gasteiger partial charge in [-0.2, -0.15) is 9.40 Å². The number of halogens is 1. The maximum absolute atomic E-state index is 12.7. The van der Waals surface area contributed by atoms with Crippen LogP contribution in [0.15, 0.2) is 29.3 Å². The topological polar surface area (TPSA) is 55.2 Å². The average molecular weight is 342 g/mol. The Kier molecular flexibility index (Phi) is 4.94. The highest BCUT2D eigenvalue weighted by molar-refractivity contribution is 7.89. The molecule has 0 atom stereocenters. The van der Waals surface area contributed by atoms with Crippen molar-refractivity contribution in [3.8, 4) is 0 Å². The molecule has 2 aromatic rings. The van der Waals surface area contributed by atoms with Gasteiger partial charge in [-0.3, -0.25) is 4.68 Å². The van der Waals surface area contributed by atoms with Crippen molar-refractivity contribution in [1.29, 1.82) is 0 Å². The normalized spacial score (nSPS) is 12.1. The van der Waals surface area contributed by atoms with Crippen LogP contribution in [0, 0.1) is 13.8 Å². The zero-order valence-corrected chi connectivity index (χ0v) is 14.7. The number of sulfonamides is 1. The van der Waals surface area contributed by atoms with E-state index in [1.54, 1.807) is 30.9 Å². The lowest BCUT2D eigenvalue weighted by Gasteiger charge is -2.18. The van der Waals surface area contributed by atoms with Gasteiger partial charge in [0.25, 0.3) is 0 Å². The van der Waals surface area contributed by atoms with Crippen LogP contribution in [-0.4, -0.2) is 29.6 Å². The molecule has 0 aliphatic carbocycles. The number of nitrogens with zero attached hydrogens (tertiary/aromatic N) is 3. The zero-order valence-electron chi connectivity index (χ0n) is 13.2. The number of aryl methyl sites for hydroxylation is 3. The molecule has 0 radical (unpaired) electrons. The number of rotatable bonds is 5. The highest BCUT2D eigenvalue weighted by Crippen LogP contribution is 2.23. The van der Waals surface area contributed by atoms with E-state index in [9.17, 15) is 8.42 Å². The van der Waals surface area contributed by atoms with E-state index in [0.29, 0.717) is 22.2 Å². The smallest absolute Gasteiger partial charge is 0.243 e. The first-order valence-corrected chi connectivity index (χ1v) is 8.83. The predicted molar refractivity (Wildman–Crippen MR) is 87.5 cm³/mol. The van der Waals surface area contributed by atoms with Crippen molar-refractivity contribution in [3.05, 3.63) is 46.2 Å². The first kappa shape index (κ1) is 17.0. The summed E-state index contributed by atoms with van der Waals surface area (Å²) in [6.45, 7) is 6.44. The highest BCUT2D eigenvalue weighted by atomic mass is 35.5. The van der Waals surface area contributed by atoms with Gasteiger partial charge in [0.1, 0.15) is 0 Å². The molecule has 0 unspecified atom stereocenters. The summed E-state index contributed by atoms with van der Waals surface area (Å²) >= 11 is 6.12. The summed E-state index contributed by atoms with van der Waals surface area (Å²) < 4.78 is 28.5. The van der Waals surface area contributed by atoms with Crippen LogP contribution in [0.1, 0.15) is 23.7 Å². The molecule has 1 aromatic carbocycles. The summed E-state index contributed by atoms with van der Waals surface area (Å²) in [4.78, 5) is 0.320. The molecule has 1 heterocycles. The van der Waals surface area contributed by atoms with Crippen LogP contribution in [0.3, 0.4) is 0 Å². The van der Waals surface area contributed by atoms with Crippen LogP contribution in [0.5, 0.6) is 0 Å². The van der Waals surface area contributed by atoms with E-state index >= 15 is 0 Å². The van der Waals surface area contributed by atoms with Crippen molar-refractivity contribution >= 4 is 21.6 Å². The SMILES string of the molecule is CCn1cc(Cl)c(CN(C)S(=O)(=O)c2cc(C)ccc2C)n1. The van der Waals surface area contributed by atoms with Crippen molar-refractivity contribution in [2.24, 2.45) is 0 Å². The molecule has 5 nitrogen and oxygen atoms in total. The lowest BCUT2D eigenvalue weighted by Crippen LogP contribution is -2.27. The van der Waals surface area contributed by atoms with Gasteiger partial charge in [-0.15, -0.1) is 0 Å². The Morgan fingerprint density at radius 2 is 2.00 bits per heavy atom. The largest absolute Gasteiger partial charge is 0.271 e. The molecule has 0 saturated carbocycles. The second-order valence-electron chi connectivity index (χ2n) is 5.31. The Labute approximate surface area is 136 Å². The predicted octanol–water partition coefficient (Wildman–Crippen LogP) is 2.99. The summed E-state index contributed by atoms with van der Waals surface area (Å²) in [6.07, 6.45) is 1.70. The lowest BCUT2D eigenvalue weighted by molar-refractivity contribution is 0.458. The molecule has 0 amide bonds. The van der Waals surface area contributed by atoms with E-state index in [2.05, 4.69) is 5.10 Å². The number of benzene rings is 1. The van der Waals surface area contributed by atoms with Gasteiger partial charge in [0.15, 0.2) is 0 Å². The molecule has 1 aromatic heterocycles. The van der Waals surface area contributed by atoms with Crippen molar-refractivity contribution in [2.45, 2.75) is 38.8 Å². The molecule has 0 spiro atoms. The Bertz CT molecular complexity index is 784. The van der Waals surface area contributed by atoms with Crippen LogP contribution >= 0.6 is 11.6 Å². The fourth-order valence-corrected chi connectivity index (χ4v) is 3.80. The Morgan fingerprint density at radius 1 is 1.32 bits per heavy atom. The average Bonchev–Trinajstić information content (AvgIpc) is 2.81. The molecule has 120 valence electrons. The van der Waals surface area contributed by atoms with Gasteiger partial charge in [-0.25, -0.2) is 8.42 Å². The third-order valence-electron chi connectivity index (χ3n) is 3.52. The molecule has 2 rings (SSSR count). The van der Waals surface area contributed by atoms with E-state index in [1.165, 1.54) is 4.31 Å². The molecule has 0 N–H and O–H groups in total. The van der Waals surface area contributed by atoms with E-state index in [-0.39, 0.29) is 6.54 Å². The van der Waals surface area contributed by atoms with Crippen molar-refractivity contribution in [1.82, 2.24) is 14.1 Å². The molecule has 7 heteroatoms. The second-order valence-corrected chi connectivity index (χ2v) is 7.73. The van der Waals surface area contributed by atoms with Crippen LogP contribution in [0.2, 0.25) is 5.02 Å². The monoisotopic (exact) mass is 341 g/mol. The first-order chi connectivity index (χ1) is 10.3. The van der Waals surface area contributed by atoms with Crippen LogP contribution in [-0.2, 0) is 23.1 Å². The van der Waals surface area contributed by atoms with Gasteiger partial charge in [0.2, 0.25) is 10.0 Å². The van der Waals surface area contributed by atoms with Gasteiger partial charge in [0.05, 0.1) is 22.2 Å². The molecule has 0 aliphatic heterocycles. The van der Waals surface area contributed by atoms with Gasteiger partial charge < -0.3 is 0 Å². The van der Waals surface area contributed by atoms with E-state index < -0.39 is 10.0 Å². The summed E-state index contributed by atoms with van der Waals surface area (Å²) in [5.41, 5.74) is 2.19. The molecule has 0 fully saturated rings. The summed E-state index contributed by atoms with van der Waals surface area (Å²) in [5, 5.41) is 4.77. The number of hydrogen-bond acceptors (Lipinski definition) is 3. The molecule has 22 heavy (non-hydrogen) atoms. The minimum absolute atomic E-state index is 0.140. The van der Waals surface area contributed by atoms with E-state index in [4.69, 9.17) is 11.6 Å². The maximum Gasteiger partial charge on any atom is 0.243 e. The highest BCUT2D eigenvalue weighted by Gasteiger charge is 2.24. The third-order valence-corrected chi connectivity index (χ3v) is 5.78.